The molecule has 0 radical (unpaired) electrons. The van der Waals surface area contributed by atoms with Crippen LogP contribution in [0.1, 0.15) is 19.8 Å². The fourth-order valence-corrected chi connectivity index (χ4v) is 2.27. The van der Waals surface area contributed by atoms with Crippen molar-refractivity contribution in [2.75, 3.05) is 18.0 Å². The molecule has 2 rings (SSSR count). The summed E-state index contributed by atoms with van der Waals surface area (Å²) in [5.41, 5.74) is 6.07. The van der Waals surface area contributed by atoms with Gasteiger partial charge in [-0.05, 0) is 24.5 Å². The van der Waals surface area contributed by atoms with Crippen molar-refractivity contribution in [2.24, 2.45) is 11.7 Å². The average Bonchev–Trinajstić information content (AvgIpc) is 2.31. The Morgan fingerprint density at radius 1 is 1.50 bits per heavy atom. The highest BCUT2D eigenvalue weighted by molar-refractivity contribution is 6.29. The van der Waals surface area contributed by atoms with Gasteiger partial charge in [-0.3, -0.25) is 0 Å². The second-order valence-electron chi connectivity index (χ2n) is 4.28. The minimum Gasteiger partial charge on any atom is -0.355 e. The summed E-state index contributed by atoms with van der Waals surface area (Å²) in [7, 11) is 0. The van der Waals surface area contributed by atoms with Gasteiger partial charge < -0.3 is 10.6 Å². The third-order valence-electron chi connectivity index (χ3n) is 3.26. The third kappa shape index (κ3) is 2.44. The number of rotatable bonds is 2. The Bertz CT molecular complexity index is 340. The summed E-state index contributed by atoms with van der Waals surface area (Å²) < 4.78 is 0. The summed E-state index contributed by atoms with van der Waals surface area (Å²) >= 11 is 5.72. The highest BCUT2D eigenvalue weighted by Gasteiger charge is 2.25. The van der Waals surface area contributed by atoms with Crippen LogP contribution in [0.25, 0.3) is 0 Å². The molecule has 2 N–H and O–H groups in total. The van der Waals surface area contributed by atoms with Crippen LogP contribution in [0.5, 0.6) is 0 Å². The maximum atomic E-state index is 6.07. The molecule has 2 atom stereocenters. The Labute approximate surface area is 101 Å². The van der Waals surface area contributed by atoms with Crippen molar-refractivity contribution in [2.45, 2.75) is 25.8 Å². The molecule has 1 aromatic heterocycles. The van der Waals surface area contributed by atoms with Crippen molar-refractivity contribution < 1.29 is 0 Å². The van der Waals surface area contributed by atoms with E-state index in [0.717, 1.165) is 31.7 Å². The minimum atomic E-state index is 0.321. The highest BCUT2D eigenvalue weighted by Crippen LogP contribution is 2.22. The fourth-order valence-electron chi connectivity index (χ4n) is 2.17. The molecular weight excluding hydrogens is 224 g/mol. The van der Waals surface area contributed by atoms with E-state index in [1.165, 1.54) is 0 Å². The predicted octanol–water partition coefficient (Wildman–Crippen LogP) is 1.69. The van der Waals surface area contributed by atoms with Crippen LogP contribution in [0, 0.1) is 5.92 Å². The lowest BCUT2D eigenvalue weighted by atomic mass is 9.91. The molecule has 0 saturated carbocycles. The van der Waals surface area contributed by atoms with Crippen LogP contribution in [0.2, 0.25) is 5.15 Å². The summed E-state index contributed by atoms with van der Waals surface area (Å²) in [6, 6.07) is 4.01. The van der Waals surface area contributed by atoms with Crippen LogP contribution in [0.4, 0.5) is 5.82 Å². The number of halogens is 1. The third-order valence-corrected chi connectivity index (χ3v) is 3.46. The van der Waals surface area contributed by atoms with Crippen molar-refractivity contribution in [1.82, 2.24) is 10.2 Å². The lowest BCUT2D eigenvalue weighted by Crippen LogP contribution is -2.47. The Hall–Kier alpha value is -0.870. The molecule has 0 bridgehead atoms. The lowest BCUT2D eigenvalue weighted by Gasteiger charge is -2.36. The predicted molar refractivity (Wildman–Crippen MR) is 65.6 cm³/mol. The van der Waals surface area contributed by atoms with Crippen molar-refractivity contribution in [1.29, 1.82) is 0 Å². The van der Waals surface area contributed by atoms with Crippen LogP contribution in [-0.2, 0) is 0 Å². The van der Waals surface area contributed by atoms with Crippen molar-refractivity contribution in [3.05, 3.63) is 17.3 Å². The van der Waals surface area contributed by atoms with E-state index in [1.807, 2.05) is 6.07 Å². The van der Waals surface area contributed by atoms with Gasteiger partial charge in [0.15, 0.2) is 11.0 Å². The normalized spacial score (nSPS) is 25.8. The molecule has 1 aromatic rings. The topological polar surface area (TPSA) is 55.0 Å². The largest absolute Gasteiger partial charge is 0.355 e. The Morgan fingerprint density at radius 2 is 2.31 bits per heavy atom. The molecule has 0 aliphatic carbocycles. The Balaban J connectivity index is 2.08. The van der Waals surface area contributed by atoms with E-state index in [1.54, 1.807) is 6.07 Å². The number of nitrogens with zero attached hydrogens (tertiary/aromatic N) is 3. The van der Waals surface area contributed by atoms with Gasteiger partial charge in [0.25, 0.3) is 0 Å². The fraction of sp³-hybridized carbons (Fsp3) is 0.636. The average molecular weight is 241 g/mol. The molecule has 2 unspecified atom stereocenters. The smallest absolute Gasteiger partial charge is 0.151 e. The molecule has 0 aromatic carbocycles. The Morgan fingerprint density at radius 3 is 2.94 bits per heavy atom. The van der Waals surface area contributed by atoms with Gasteiger partial charge >= 0.3 is 0 Å². The summed E-state index contributed by atoms with van der Waals surface area (Å²) in [6.07, 6.45) is 2.13. The molecule has 1 aliphatic heterocycles. The van der Waals surface area contributed by atoms with E-state index in [4.69, 9.17) is 17.3 Å². The van der Waals surface area contributed by atoms with Gasteiger partial charge in [-0.25, -0.2) is 0 Å². The van der Waals surface area contributed by atoms with E-state index < -0.39 is 0 Å². The van der Waals surface area contributed by atoms with Crippen molar-refractivity contribution >= 4 is 17.4 Å². The van der Waals surface area contributed by atoms with Gasteiger partial charge in [-0.1, -0.05) is 24.9 Å². The molecule has 0 spiro atoms. The van der Waals surface area contributed by atoms with Gasteiger partial charge in [-0.15, -0.1) is 10.2 Å². The van der Waals surface area contributed by atoms with Gasteiger partial charge in [-0.2, -0.15) is 0 Å². The molecule has 1 fully saturated rings. The second-order valence-corrected chi connectivity index (χ2v) is 4.67. The highest BCUT2D eigenvalue weighted by atomic mass is 35.5. The lowest BCUT2D eigenvalue weighted by molar-refractivity contribution is 0.346. The van der Waals surface area contributed by atoms with E-state index in [9.17, 15) is 0 Å². The summed E-state index contributed by atoms with van der Waals surface area (Å²) in [4.78, 5) is 2.24. The zero-order valence-electron chi connectivity index (χ0n) is 9.43. The first-order valence-electron chi connectivity index (χ1n) is 5.70. The minimum absolute atomic E-state index is 0.321. The quantitative estimate of drug-likeness (QED) is 0.855. The van der Waals surface area contributed by atoms with E-state index in [0.29, 0.717) is 17.1 Å². The standard InChI is InChI=1S/C11H17ClN4/c1-2-8-7-16(6-5-9(8)13)11-4-3-10(12)14-15-11/h3-4,8-9H,2,5-7,13H2,1H3. The molecule has 0 amide bonds. The summed E-state index contributed by atoms with van der Waals surface area (Å²) in [6.45, 7) is 4.10. The number of piperidine rings is 1. The molecule has 5 heteroatoms. The number of nitrogens with two attached hydrogens (primary N) is 1. The molecule has 16 heavy (non-hydrogen) atoms. The summed E-state index contributed by atoms with van der Waals surface area (Å²) in [5.74, 6) is 1.45. The first kappa shape index (κ1) is 11.6. The van der Waals surface area contributed by atoms with E-state index in [-0.39, 0.29) is 0 Å². The molecule has 88 valence electrons. The van der Waals surface area contributed by atoms with Gasteiger partial charge in [0.2, 0.25) is 0 Å². The molecule has 1 aliphatic rings. The first-order valence-corrected chi connectivity index (χ1v) is 6.08. The maximum Gasteiger partial charge on any atom is 0.151 e. The molecule has 1 saturated heterocycles. The van der Waals surface area contributed by atoms with Gasteiger partial charge in [0.1, 0.15) is 0 Å². The van der Waals surface area contributed by atoms with Crippen LogP contribution in [-0.4, -0.2) is 29.3 Å². The van der Waals surface area contributed by atoms with Crippen LogP contribution in [0.15, 0.2) is 12.1 Å². The zero-order valence-corrected chi connectivity index (χ0v) is 10.2. The van der Waals surface area contributed by atoms with Crippen molar-refractivity contribution in [3.63, 3.8) is 0 Å². The number of aromatic nitrogens is 2. The Kier molecular flexibility index (Phi) is 3.61. The monoisotopic (exact) mass is 240 g/mol. The van der Waals surface area contributed by atoms with Crippen LogP contribution < -0.4 is 10.6 Å². The molecule has 2 heterocycles. The molecule has 4 nitrogen and oxygen atoms in total. The zero-order chi connectivity index (χ0) is 11.5. The van der Waals surface area contributed by atoms with Gasteiger partial charge in [0, 0.05) is 19.1 Å². The maximum absolute atomic E-state index is 6.07. The van der Waals surface area contributed by atoms with E-state index >= 15 is 0 Å². The number of hydrogen-bond acceptors (Lipinski definition) is 4. The SMILES string of the molecule is CCC1CN(c2ccc(Cl)nn2)CCC1N. The van der Waals surface area contributed by atoms with E-state index in [2.05, 4.69) is 22.0 Å². The summed E-state index contributed by atoms with van der Waals surface area (Å²) in [5, 5.41) is 8.40. The van der Waals surface area contributed by atoms with Gasteiger partial charge in [0.05, 0.1) is 0 Å². The van der Waals surface area contributed by atoms with Crippen LogP contribution in [0.3, 0.4) is 0 Å². The molecular formula is C11H17ClN4. The van der Waals surface area contributed by atoms with Crippen molar-refractivity contribution in [3.8, 4) is 0 Å². The first-order chi connectivity index (χ1) is 7.70. The van der Waals surface area contributed by atoms with Crippen LogP contribution >= 0.6 is 11.6 Å². The second kappa shape index (κ2) is 4.97. The number of hydrogen-bond donors (Lipinski definition) is 1. The number of anilines is 1.